The Balaban J connectivity index is 1.39. The molecule has 3 aliphatic rings. The molecule has 32 heavy (non-hydrogen) atoms. The minimum Gasteiger partial charge on any atom is -0.504 e. The lowest BCUT2D eigenvalue weighted by Gasteiger charge is -2.47. The van der Waals surface area contributed by atoms with Crippen molar-refractivity contribution in [3.8, 4) is 17.0 Å². The molecule has 1 atom stereocenters. The van der Waals surface area contributed by atoms with Crippen LogP contribution in [0.1, 0.15) is 12.8 Å². The molecule has 170 valence electrons. The van der Waals surface area contributed by atoms with Gasteiger partial charge in [-0.05, 0) is 25.2 Å². The van der Waals surface area contributed by atoms with E-state index in [4.69, 9.17) is 0 Å². The third-order valence-electron chi connectivity index (χ3n) is 6.44. The lowest BCUT2D eigenvalue weighted by Crippen LogP contribution is -2.62. The molecule has 0 unspecified atom stereocenters. The maximum Gasteiger partial charge on any atom is 0.260 e. The molecule has 5 rings (SSSR count). The average molecular weight is 448 g/mol. The molecule has 3 aliphatic heterocycles. The Morgan fingerprint density at radius 1 is 1.16 bits per heavy atom. The first kappa shape index (κ1) is 20.8. The van der Waals surface area contributed by atoms with E-state index in [9.17, 15) is 18.7 Å². The number of halogens is 3. The van der Waals surface area contributed by atoms with E-state index in [0.717, 1.165) is 6.07 Å². The summed E-state index contributed by atoms with van der Waals surface area (Å²) in [4.78, 5) is 16.5. The summed E-state index contributed by atoms with van der Waals surface area (Å²) in [6.45, 7) is 2.61. The summed E-state index contributed by atoms with van der Waals surface area (Å²) in [5.74, 6) is -2.58. The highest BCUT2D eigenvalue weighted by molar-refractivity contribution is 5.86. The number of hydrogen-bond acceptors (Lipinski definition) is 7. The molecule has 4 heterocycles. The normalized spacial score (nSPS) is 22.0. The van der Waals surface area contributed by atoms with Gasteiger partial charge in [0.05, 0.1) is 17.4 Å². The van der Waals surface area contributed by atoms with Gasteiger partial charge in [-0.3, -0.25) is 4.79 Å². The van der Waals surface area contributed by atoms with Crippen molar-refractivity contribution in [3.63, 3.8) is 0 Å². The molecule has 3 N–H and O–H groups in total. The van der Waals surface area contributed by atoms with Gasteiger partial charge in [-0.2, -0.15) is 0 Å². The maximum atomic E-state index is 15.2. The second-order valence-electron chi connectivity index (χ2n) is 8.44. The standard InChI is InChI=1S/C21H23F3N6O2/c22-12-7-14(18(31)15(23)8-12)16-9-17-19(28-27-16)26-10-13-11-29(5-6-30(13)17)20(32)21(24)1-3-25-4-2-21/h7-9,13,25,31H,1-6,10-11H2,(H,26,28)/t13-/m0/s1. The number of aromatic hydroxyl groups is 1. The molecule has 2 fully saturated rings. The molecule has 0 bridgehead atoms. The van der Waals surface area contributed by atoms with Gasteiger partial charge in [-0.1, -0.05) is 0 Å². The molecule has 1 aromatic carbocycles. The summed E-state index contributed by atoms with van der Waals surface area (Å²) < 4.78 is 42.7. The lowest BCUT2D eigenvalue weighted by atomic mass is 9.92. The number of rotatable bonds is 2. The van der Waals surface area contributed by atoms with Crippen molar-refractivity contribution in [2.75, 3.05) is 49.5 Å². The van der Waals surface area contributed by atoms with E-state index in [2.05, 4.69) is 20.8 Å². The van der Waals surface area contributed by atoms with Gasteiger partial charge in [0, 0.05) is 50.7 Å². The highest BCUT2D eigenvalue weighted by atomic mass is 19.1. The van der Waals surface area contributed by atoms with Gasteiger partial charge in [0.15, 0.2) is 23.1 Å². The second kappa shape index (κ2) is 7.80. The van der Waals surface area contributed by atoms with Gasteiger partial charge in [0.25, 0.3) is 5.91 Å². The van der Waals surface area contributed by atoms with Crippen LogP contribution in [-0.4, -0.2) is 77.1 Å². The fourth-order valence-electron chi connectivity index (χ4n) is 4.69. The molecular weight excluding hydrogens is 425 g/mol. The highest BCUT2D eigenvalue weighted by Gasteiger charge is 2.45. The third-order valence-corrected chi connectivity index (χ3v) is 6.44. The van der Waals surface area contributed by atoms with Crippen LogP contribution in [0.15, 0.2) is 18.2 Å². The first-order chi connectivity index (χ1) is 15.4. The number of phenolic OH excluding ortho intramolecular Hbond substituents is 1. The van der Waals surface area contributed by atoms with Crippen LogP contribution in [0, 0.1) is 11.6 Å². The van der Waals surface area contributed by atoms with Gasteiger partial charge in [-0.25, -0.2) is 13.2 Å². The predicted molar refractivity (Wildman–Crippen MR) is 111 cm³/mol. The van der Waals surface area contributed by atoms with E-state index in [-0.39, 0.29) is 30.1 Å². The fourth-order valence-corrected chi connectivity index (χ4v) is 4.69. The van der Waals surface area contributed by atoms with Gasteiger partial charge < -0.3 is 25.5 Å². The van der Waals surface area contributed by atoms with Crippen molar-refractivity contribution in [3.05, 3.63) is 29.8 Å². The number of carbonyl (C=O) groups is 1. The van der Waals surface area contributed by atoms with Crippen LogP contribution in [0.2, 0.25) is 0 Å². The summed E-state index contributed by atoms with van der Waals surface area (Å²) in [5, 5.41) is 24.4. The number of fused-ring (bicyclic) bond motifs is 3. The van der Waals surface area contributed by atoms with Gasteiger partial charge in [-0.15, -0.1) is 10.2 Å². The van der Waals surface area contributed by atoms with Gasteiger partial charge >= 0.3 is 0 Å². The Morgan fingerprint density at radius 3 is 2.72 bits per heavy atom. The quantitative estimate of drug-likeness (QED) is 0.644. The van der Waals surface area contributed by atoms with Gasteiger partial charge in [0.1, 0.15) is 5.82 Å². The van der Waals surface area contributed by atoms with Crippen LogP contribution in [-0.2, 0) is 4.79 Å². The zero-order chi connectivity index (χ0) is 22.5. The zero-order valence-corrected chi connectivity index (χ0v) is 17.2. The molecule has 11 heteroatoms. The molecule has 0 saturated carbocycles. The molecule has 0 aliphatic carbocycles. The summed E-state index contributed by atoms with van der Waals surface area (Å²) >= 11 is 0. The largest absolute Gasteiger partial charge is 0.504 e. The van der Waals surface area contributed by atoms with Crippen LogP contribution in [0.5, 0.6) is 5.75 Å². The topological polar surface area (TPSA) is 93.6 Å². The summed E-state index contributed by atoms with van der Waals surface area (Å²) in [7, 11) is 0. The molecule has 2 saturated heterocycles. The second-order valence-corrected chi connectivity index (χ2v) is 8.44. The number of piperidine rings is 1. The van der Waals surface area contributed by atoms with Crippen molar-refractivity contribution in [1.29, 1.82) is 0 Å². The maximum absolute atomic E-state index is 15.2. The Morgan fingerprint density at radius 2 is 1.94 bits per heavy atom. The molecule has 8 nitrogen and oxygen atoms in total. The Labute approximate surface area is 182 Å². The summed E-state index contributed by atoms with van der Waals surface area (Å²) in [5.41, 5.74) is -1.15. The van der Waals surface area contributed by atoms with E-state index in [1.54, 1.807) is 11.0 Å². The minimum absolute atomic E-state index is 0.0981. The number of nitrogens with zero attached hydrogens (tertiary/aromatic N) is 4. The number of carbonyl (C=O) groups excluding carboxylic acids is 1. The smallest absolute Gasteiger partial charge is 0.260 e. The molecular formula is C21H23F3N6O2. The average Bonchev–Trinajstić information content (AvgIpc) is 2.80. The SMILES string of the molecule is O=C(N1CCN2c3cc(-c4cc(F)cc(F)c4O)nnc3NC[C@H]2C1)C1(F)CCNCC1. The number of nitrogens with one attached hydrogen (secondary N) is 2. The number of anilines is 2. The van der Waals surface area contributed by atoms with Gasteiger partial charge in [0.2, 0.25) is 0 Å². The number of hydrogen-bond donors (Lipinski definition) is 3. The van der Waals surface area contributed by atoms with Crippen molar-refractivity contribution in [1.82, 2.24) is 20.4 Å². The van der Waals surface area contributed by atoms with Crippen LogP contribution in [0.25, 0.3) is 11.3 Å². The summed E-state index contributed by atoms with van der Waals surface area (Å²) in [6, 6.07) is 3.08. The van der Waals surface area contributed by atoms with Crippen molar-refractivity contribution < 1.29 is 23.1 Å². The van der Waals surface area contributed by atoms with Crippen LogP contribution < -0.4 is 15.5 Å². The fraction of sp³-hybridized carbons (Fsp3) is 0.476. The monoisotopic (exact) mass is 448 g/mol. The highest BCUT2D eigenvalue weighted by Crippen LogP contribution is 2.38. The number of phenols is 1. The minimum atomic E-state index is -1.83. The molecule has 0 spiro atoms. The first-order valence-electron chi connectivity index (χ1n) is 10.6. The predicted octanol–water partition coefficient (Wildman–Crippen LogP) is 1.66. The number of amides is 1. The van der Waals surface area contributed by atoms with E-state index < -0.39 is 29.0 Å². The number of benzene rings is 1. The van der Waals surface area contributed by atoms with Crippen LogP contribution in [0.3, 0.4) is 0 Å². The molecule has 2 aromatic rings. The van der Waals surface area contributed by atoms with Crippen molar-refractivity contribution >= 4 is 17.4 Å². The number of alkyl halides is 1. The molecule has 0 radical (unpaired) electrons. The van der Waals surface area contributed by atoms with E-state index in [1.165, 1.54) is 0 Å². The third kappa shape index (κ3) is 3.50. The molecule has 1 amide bonds. The number of piperazine rings is 1. The Hall–Kier alpha value is -3.08. The zero-order valence-electron chi connectivity index (χ0n) is 17.2. The van der Waals surface area contributed by atoms with E-state index in [1.807, 2.05) is 4.90 Å². The Bertz CT molecular complexity index is 1060. The molecule has 1 aromatic heterocycles. The van der Waals surface area contributed by atoms with E-state index in [0.29, 0.717) is 56.8 Å². The summed E-state index contributed by atoms with van der Waals surface area (Å²) in [6.07, 6.45) is 0.342. The Kier molecular flexibility index (Phi) is 5.07. The van der Waals surface area contributed by atoms with Crippen molar-refractivity contribution in [2.24, 2.45) is 0 Å². The van der Waals surface area contributed by atoms with Crippen LogP contribution >= 0.6 is 0 Å². The van der Waals surface area contributed by atoms with Crippen molar-refractivity contribution in [2.45, 2.75) is 24.6 Å². The lowest BCUT2D eigenvalue weighted by molar-refractivity contribution is -0.146. The van der Waals surface area contributed by atoms with Crippen LogP contribution in [0.4, 0.5) is 24.7 Å². The van der Waals surface area contributed by atoms with E-state index >= 15 is 4.39 Å². The number of aromatic nitrogens is 2. The first-order valence-corrected chi connectivity index (χ1v) is 10.6.